The quantitative estimate of drug-likeness (QED) is 0.239. The van der Waals surface area contributed by atoms with Crippen LogP contribution in [0.4, 0.5) is 14.6 Å². The highest BCUT2D eigenvalue weighted by Crippen LogP contribution is 2.38. The van der Waals surface area contributed by atoms with Crippen molar-refractivity contribution in [2.75, 3.05) is 5.73 Å². The third-order valence-corrected chi connectivity index (χ3v) is 6.56. The molecule has 2 heterocycles. The molecule has 0 unspecified atom stereocenters. The maximum atomic E-state index is 14.0. The molecule has 0 bridgehead atoms. The molecule has 204 valence electrons. The zero-order valence-corrected chi connectivity index (χ0v) is 21.2. The number of hydrogen-bond donors (Lipinski definition) is 3. The van der Waals surface area contributed by atoms with Crippen molar-refractivity contribution in [1.29, 1.82) is 0 Å². The molecule has 10 nitrogen and oxygen atoms in total. The van der Waals surface area contributed by atoms with Gasteiger partial charge in [0.25, 0.3) is 11.8 Å². The fourth-order valence-corrected chi connectivity index (χ4v) is 4.59. The van der Waals surface area contributed by atoms with Crippen molar-refractivity contribution in [3.8, 4) is 22.8 Å². The number of fused-ring (bicyclic) bond motifs is 1. The van der Waals surface area contributed by atoms with Gasteiger partial charge >= 0.3 is 0 Å². The molecule has 0 saturated heterocycles. The van der Waals surface area contributed by atoms with Crippen molar-refractivity contribution in [2.24, 2.45) is 0 Å². The number of nitrogens with zero attached hydrogens (tertiary/aromatic N) is 4. The van der Waals surface area contributed by atoms with E-state index in [-0.39, 0.29) is 17.6 Å². The average Bonchev–Trinajstić information content (AvgIpc) is 3.35. The summed E-state index contributed by atoms with van der Waals surface area (Å²) >= 11 is 0. The molecule has 1 aliphatic rings. The summed E-state index contributed by atoms with van der Waals surface area (Å²) in [4.78, 5) is 31.9. The summed E-state index contributed by atoms with van der Waals surface area (Å²) in [5, 5.41) is 5.44. The third-order valence-electron chi connectivity index (χ3n) is 6.56. The van der Waals surface area contributed by atoms with Gasteiger partial charge in [0.2, 0.25) is 0 Å². The third kappa shape index (κ3) is 5.51. The number of hydrazine groups is 1. The SMILES string of the molecule is C=CC(=O)NNC(=O)C=C1CCC(n2nc(-c3ccc(Oc4c(F)cccc4F)cc3)c3c(N)ncnc32)CC1. The Balaban J connectivity index is 1.36. The van der Waals surface area contributed by atoms with Crippen LogP contribution in [0.1, 0.15) is 31.7 Å². The number of nitrogens with one attached hydrogen (secondary N) is 2. The van der Waals surface area contributed by atoms with Gasteiger partial charge in [-0.1, -0.05) is 18.2 Å². The second kappa shape index (κ2) is 11.3. The molecule has 2 aromatic carbocycles. The summed E-state index contributed by atoms with van der Waals surface area (Å²) in [7, 11) is 0. The van der Waals surface area contributed by atoms with Crippen molar-refractivity contribution < 1.29 is 23.1 Å². The van der Waals surface area contributed by atoms with Gasteiger partial charge in [0, 0.05) is 11.6 Å². The number of aromatic nitrogens is 4. The standard InChI is InChI=1S/C28H25F2N7O3/c1-2-22(38)34-35-23(39)14-16-6-10-18(11-7-16)37-28-24(27(31)32-15-33-28)25(36-37)17-8-12-19(13-9-17)40-26-20(29)4-3-5-21(26)30/h2-5,8-9,12-15,18H,1,6-7,10-11H2,(H,34,38)(H,35,39)(H2,31,32,33). The first-order valence-corrected chi connectivity index (χ1v) is 12.5. The summed E-state index contributed by atoms with van der Waals surface area (Å²) in [6, 6.07) is 10.1. The van der Waals surface area contributed by atoms with E-state index in [9.17, 15) is 18.4 Å². The highest BCUT2D eigenvalue weighted by molar-refractivity contribution is 5.98. The van der Waals surface area contributed by atoms with Crippen LogP contribution in [0.15, 0.2) is 73.1 Å². The Morgan fingerprint density at radius 3 is 2.38 bits per heavy atom. The second-order valence-corrected chi connectivity index (χ2v) is 9.14. The number of rotatable bonds is 6. The molecule has 0 aliphatic heterocycles. The van der Waals surface area contributed by atoms with Gasteiger partial charge in [-0.05, 0) is 68.2 Å². The van der Waals surface area contributed by atoms with Crippen LogP contribution in [0.25, 0.3) is 22.3 Å². The minimum Gasteiger partial charge on any atom is -0.451 e. The number of amides is 2. The molecular formula is C28H25F2N7O3. The van der Waals surface area contributed by atoms with Crippen molar-refractivity contribution in [1.82, 2.24) is 30.6 Å². The zero-order valence-electron chi connectivity index (χ0n) is 21.2. The molecule has 5 rings (SSSR count). The molecule has 0 radical (unpaired) electrons. The first-order chi connectivity index (χ1) is 19.3. The minimum absolute atomic E-state index is 0.00197. The van der Waals surface area contributed by atoms with Crippen LogP contribution >= 0.6 is 0 Å². The van der Waals surface area contributed by atoms with Gasteiger partial charge in [-0.3, -0.25) is 20.4 Å². The lowest BCUT2D eigenvalue weighted by atomic mass is 9.90. The van der Waals surface area contributed by atoms with E-state index in [0.29, 0.717) is 48.0 Å². The number of ether oxygens (including phenoxy) is 1. The molecular weight excluding hydrogens is 520 g/mol. The highest BCUT2D eigenvalue weighted by Gasteiger charge is 2.25. The maximum absolute atomic E-state index is 14.0. The molecule has 0 spiro atoms. The topological polar surface area (TPSA) is 137 Å². The Kier molecular flexibility index (Phi) is 7.49. The summed E-state index contributed by atoms with van der Waals surface area (Å²) in [5.74, 6) is -2.48. The molecule has 2 aromatic heterocycles. The fraction of sp³-hybridized carbons (Fsp3) is 0.179. The number of carbonyl (C=O) groups is 2. The molecule has 0 atom stereocenters. The van der Waals surface area contributed by atoms with E-state index in [0.717, 1.165) is 23.8 Å². The molecule has 4 N–H and O–H groups in total. The Bertz CT molecular complexity index is 1600. The number of nitrogens with two attached hydrogens (primary N) is 1. The van der Waals surface area contributed by atoms with Crippen molar-refractivity contribution in [3.63, 3.8) is 0 Å². The number of anilines is 1. The summed E-state index contributed by atoms with van der Waals surface area (Å²) in [6.45, 7) is 3.33. The van der Waals surface area contributed by atoms with Gasteiger partial charge in [0.15, 0.2) is 23.0 Å². The van der Waals surface area contributed by atoms with E-state index >= 15 is 0 Å². The Morgan fingerprint density at radius 1 is 1.02 bits per heavy atom. The van der Waals surface area contributed by atoms with Gasteiger partial charge < -0.3 is 10.5 Å². The fourth-order valence-electron chi connectivity index (χ4n) is 4.59. The predicted octanol–water partition coefficient (Wildman–Crippen LogP) is 4.52. The van der Waals surface area contributed by atoms with Crippen LogP contribution in [0.2, 0.25) is 0 Å². The largest absolute Gasteiger partial charge is 0.451 e. The summed E-state index contributed by atoms with van der Waals surface area (Å²) < 4.78 is 35.3. The lowest BCUT2D eigenvalue weighted by Crippen LogP contribution is -2.40. The van der Waals surface area contributed by atoms with Crippen LogP contribution < -0.4 is 21.3 Å². The van der Waals surface area contributed by atoms with Crippen LogP contribution in [0.5, 0.6) is 11.5 Å². The lowest BCUT2D eigenvalue weighted by molar-refractivity contribution is -0.123. The molecule has 1 aliphatic carbocycles. The number of hydrogen-bond acceptors (Lipinski definition) is 7. The van der Waals surface area contributed by atoms with E-state index in [4.69, 9.17) is 15.6 Å². The van der Waals surface area contributed by atoms with Gasteiger partial charge in [-0.15, -0.1) is 0 Å². The molecule has 1 saturated carbocycles. The molecule has 12 heteroatoms. The van der Waals surface area contributed by atoms with Crippen molar-refractivity contribution >= 4 is 28.7 Å². The number of para-hydroxylation sites is 1. The number of halogens is 2. The van der Waals surface area contributed by atoms with E-state index in [1.165, 1.54) is 18.5 Å². The molecule has 2 amide bonds. The van der Waals surface area contributed by atoms with Gasteiger partial charge in [0.1, 0.15) is 23.6 Å². The zero-order chi connectivity index (χ0) is 28.2. The maximum Gasteiger partial charge on any atom is 0.262 e. The molecule has 4 aromatic rings. The van der Waals surface area contributed by atoms with Crippen LogP contribution in [-0.2, 0) is 9.59 Å². The van der Waals surface area contributed by atoms with E-state index in [1.54, 1.807) is 24.3 Å². The van der Waals surface area contributed by atoms with E-state index in [2.05, 4.69) is 27.4 Å². The first kappa shape index (κ1) is 26.5. The van der Waals surface area contributed by atoms with E-state index < -0.39 is 29.2 Å². The van der Waals surface area contributed by atoms with E-state index in [1.807, 2.05) is 4.68 Å². The Hall–Kier alpha value is -5.13. The minimum atomic E-state index is -0.802. The molecule has 1 fully saturated rings. The van der Waals surface area contributed by atoms with Crippen LogP contribution in [0, 0.1) is 11.6 Å². The molecule has 40 heavy (non-hydrogen) atoms. The average molecular weight is 546 g/mol. The second-order valence-electron chi connectivity index (χ2n) is 9.14. The predicted molar refractivity (Wildman–Crippen MR) is 144 cm³/mol. The summed E-state index contributed by atoms with van der Waals surface area (Å²) in [5.41, 5.74) is 13.6. The smallest absolute Gasteiger partial charge is 0.262 e. The number of nitrogen functional groups attached to an aromatic ring is 1. The number of carbonyl (C=O) groups excluding carboxylic acids is 2. The monoisotopic (exact) mass is 545 g/mol. The summed E-state index contributed by atoms with van der Waals surface area (Å²) in [6.07, 6.45) is 6.66. The van der Waals surface area contributed by atoms with Crippen molar-refractivity contribution in [3.05, 3.63) is 84.7 Å². The Morgan fingerprint density at radius 2 is 1.70 bits per heavy atom. The van der Waals surface area contributed by atoms with Crippen molar-refractivity contribution in [2.45, 2.75) is 31.7 Å². The van der Waals surface area contributed by atoms with Gasteiger partial charge in [-0.2, -0.15) is 5.10 Å². The highest BCUT2D eigenvalue weighted by atomic mass is 19.1. The first-order valence-electron chi connectivity index (χ1n) is 12.5. The normalized spacial score (nSPS) is 14.9. The van der Waals surface area contributed by atoms with Crippen LogP contribution in [-0.4, -0.2) is 31.6 Å². The number of benzene rings is 2. The number of allylic oxidation sites excluding steroid dienone is 1. The van der Waals surface area contributed by atoms with Gasteiger partial charge in [0.05, 0.1) is 11.4 Å². The lowest BCUT2D eigenvalue weighted by Gasteiger charge is -2.24. The van der Waals surface area contributed by atoms with Crippen LogP contribution in [0.3, 0.4) is 0 Å². The Labute approximate surface area is 227 Å². The van der Waals surface area contributed by atoms with Gasteiger partial charge in [-0.25, -0.2) is 23.4 Å².